The van der Waals surface area contributed by atoms with Gasteiger partial charge in [-0.2, -0.15) is 0 Å². The summed E-state index contributed by atoms with van der Waals surface area (Å²) < 4.78 is 0. The maximum Gasteiger partial charge on any atom is 0.253 e. The molecule has 3 aromatic rings. The fraction of sp³-hybridized carbons (Fsp3) is 0.200. The van der Waals surface area contributed by atoms with Gasteiger partial charge in [0.25, 0.3) is 5.91 Å². The second-order valence-corrected chi connectivity index (χ2v) is 7.05. The van der Waals surface area contributed by atoms with E-state index >= 15 is 0 Å². The minimum Gasteiger partial charge on any atom is -0.345 e. The Morgan fingerprint density at radius 2 is 1.45 bits per heavy atom. The topological polar surface area (TPSA) is 58.2 Å². The Morgan fingerprint density at radius 1 is 0.828 bits per heavy atom. The van der Waals surface area contributed by atoms with Gasteiger partial charge in [0.1, 0.15) is 0 Å². The Morgan fingerprint density at radius 3 is 2.14 bits per heavy atom. The molecule has 0 aliphatic carbocycles. The SMILES string of the molecule is CCc1ccc(CC(=O)Nc2ccccc2C(=O)N[C@@H](C)c2ccccc2)cc1. The van der Waals surface area contributed by atoms with E-state index in [-0.39, 0.29) is 24.3 Å². The van der Waals surface area contributed by atoms with Crippen molar-refractivity contribution in [2.24, 2.45) is 0 Å². The second kappa shape index (κ2) is 9.69. The van der Waals surface area contributed by atoms with Gasteiger partial charge in [-0.1, -0.05) is 73.7 Å². The Hall–Kier alpha value is -3.40. The summed E-state index contributed by atoms with van der Waals surface area (Å²) in [5.74, 6) is -0.366. The normalized spacial score (nSPS) is 11.5. The molecule has 0 aliphatic heterocycles. The highest BCUT2D eigenvalue weighted by Crippen LogP contribution is 2.18. The number of aryl methyl sites for hydroxylation is 1. The van der Waals surface area contributed by atoms with E-state index in [1.165, 1.54) is 5.56 Å². The van der Waals surface area contributed by atoms with Gasteiger partial charge in [-0.05, 0) is 42.2 Å². The third kappa shape index (κ3) is 5.55. The van der Waals surface area contributed by atoms with Gasteiger partial charge in [0.2, 0.25) is 5.91 Å². The summed E-state index contributed by atoms with van der Waals surface area (Å²) in [7, 11) is 0. The summed E-state index contributed by atoms with van der Waals surface area (Å²) in [4.78, 5) is 25.3. The van der Waals surface area contributed by atoms with Crippen molar-refractivity contribution in [3.63, 3.8) is 0 Å². The van der Waals surface area contributed by atoms with Crippen molar-refractivity contribution >= 4 is 17.5 Å². The summed E-state index contributed by atoms with van der Waals surface area (Å²) in [5, 5.41) is 5.88. The molecule has 148 valence electrons. The lowest BCUT2D eigenvalue weighted by atomic mass is 10.1. The molecule has 3 aromatic carbocycles. The monoisotopic (exact) mass is 386 g/mol. The maximum absolute atomic E-state index is 12.8. The van der Waals surface area contributed by atoms with Crippen LogP contribution in [0.5, 0.6) is 0 Å². The summed E-state index contributed by atoms with van der Waals surface area (Å²) in [6.07, 6.45) is 1.23. The Labute approximate surface area is 172 Å². The number of hydrogen-bond donors (Lipinski definition) is 2. The molecule has 0 fully saturated rings. The van der Waals surface area contributed by atoms with E-state index in [2.05, 4.69) is 17.6 Å². The number of amides is 2. The van der Waals surface area contributed by atoms with Crippen molar-refractivity contribution in [3.05, 3.63) is 101 Å². The average molecular weight is 386 g/mol. The van der Waals surface area contributed by atoms with Crippen LogP contribution in [0, 0.1) is 0 Å². The third-order valence-corrected chi connectivity index (χ3v) is 4.89. The van der Waals surface area contributed by atoms with Gasteiger partial charge < -0.3 is 10.6 Å². The van der Waals surface area contributed by atoms with Crippen LogP contribution in [0.15, 0.2) is 78.9 Å². The number of nitrogens with one attached hydrogen (secondary N) is 2. The summed E-state index contributed by atoms with van der Waals surface area (Å²) in [6.45, 7) is 4.04. The van der Waals surface area contributed by atoms with E-state index in [1.54, 1.807) is 18.2 Å². The smallest absolute Gasteiger partial charge is 0.253 e. The molecule has 0 radical (unpaired) electrons. The van der Waals surface area contributed by atoms with Crippen molar-refractivity contribution in [1.82, 2.24) is 5.32 Å². The minimum atomic E-state index is -0.218. The highest BCUT2D eigenvalue weighted by molar-refractivity contribution is 6.04. The van der Waals surface area contributed by atoms with Gasteiger partial charge in [-0.15, -0.1) is 0 Å². The minimum absolute atomic E-state index is 0.135. The van der Waals surface area contributed by atoms with Crippen LogP contribution in [0.2, 0.25) is 0 Å². The molecule has 1 atom stereocenters. The zero-order valence-electron chi connectivity index (χ0n) is 16.8. The van der Waals surface area contributed by atoms with Gasteiger partial charge in [0, 0.05) is 0 Å². The molecule has 0 aromatic heterocycles. The Bertz CT molecular complexity index is 966. The van der Waals surface area contributed by atoms with Gasteiger partial charge in [-0.3, -0.25) is 9.59 Å². The molecule has 0 unspecified atom stereocenters. The molecule has 0 bridgehead atoms. The predicted molar refractivity (Wildman–Crippen MR) is 117 cm³/mol. The molecule has 0 saturated heterocycles. The molecular formula is C25H26N2O2. The predicted octanol–water partition coefficient (Wildman–Crippen LogP) is 4.92. The molecular weight excluding hydrogens is 360 g/mol. The number of carbonyl (C=O) groups excluding carboxylic acids is 2. The zero-order chi connectivity index (χ0) is 20.6. The molecule has 3 rings (SSSR count). The quantitative estimate of drug-likeness (QED) is 0.605. The molecule has 0 saturated carbocycles. The zero-order valence-corrected chi connectivity index (χ0v) is 16.8. The van der Waals surface area contributed by atoms with Gasteiger partial charge in [-0.25, -0.2) is 0 Å². The number of carbonyl (C=O) groups is 2. The first kappa shape index (κ1) is 20.3. The number of rotatable bonds is 7. The van der Waals surface area contributed by atoms with Crippen molar-refractivity contribution in [2.45, 2.75) is 32.7 Å². The first-order valence-electron chi connectivity index (χ1n) is 9.89. The van der Waals surface area contributed by atoms with E-state index < -0.39 is 0 Å². The van der Waals surface area contributed by atoms with Crippen LogP contribution >= 0.6 is 0 Å². The first-order valence-corrected chi connectivity index (χ1v) is 9.89. The lowest BCUT2D eigenvalue weighted by Crippen LogP contribution is -2.28. The molecule has 4 nitrogen and oxygen atoms in total. The number of benzene rings is 3. The standard InChI is InChI=1S/C25H26N2O2/c1-3-19-13-15-20(16-14-19)17-24(28)27-23-12-8-7-11-22(23)25(29)26-18(2)21-9-5-4-6-10-21/h4-16,18H,3,17H2,1-2H3,(H,26,29)(H,27,28)/t18-/m0/s1. The van der Waals surface area contributed by atoms with Crippen LogP contribution in [0.3, 0.4) is 0 Å². The molecule has 2 amide bonds. The van der Waals surface area contributed by atoms with Crippen LogP contribution in [0.25, 0.3) is 0 Å². The maximum atomic E-state index is 12.8. The molecule has 2 N–H and O–H groups in total. The van der Waals surface area contributed by atoms with Gasteiger partial charge in [0.15, 0.2) is 0 Å². The lowest BCUT2D eigenvalue weighted by molar-refractivity contribution is -0.115. The van der Waals surface area contributed by atoms with Crippen molar-refractivity contribution in [2.75, 3.05) is 5.32 Å². The van der Waals surface area contributed by atoms with Crippen LogP contribution < -0.4 is 10.6 Å². The van der Waals surface area contributed by atoms with Crippen LogP contribution in [-0.4, -0.2) is 11.8 Å². The number of hydrogen-bond acceptors (Lipinski definition) is 2. The van der Waals surface area contributed by atoms with Crippen LogP contribution in [0.4, 0.5) is 5.69 Å². The van der Waals surface area contributed by atoms with E-state index in [9.17, 15) is 9.59 Å². The lowest BCUT2D eigenvalue weighted by Gasteiger charge is -2.16. The van der Waals surface area contributed by atoms with Gasteiger partial charge in [0.05, 0.1) is 23.7 Å². The number of anilines is 1. The highest BCUT2D eigenvalue weighted by atomic mass is 16.2. The summed E-state index contributed by atoms with van der Waals surface area (Å²) in [6, 6.07) is 24.7. The van der Waals surface area contributed by atoms with E-state index in [0.29, 0.717) is 11.3 Å². The molecule has 29 heavy (non-hydrogen) atoms. The molecule has 0 aliphatic rings. The Kier molecular flexibility index (Phi) is 6.80. The van der Waals surface area contributed by atoms with E-state index in [4.69, 9.17) is 0 Å². The highest BCUT2D eigenvalue weighted by Gasteiger charge is 2.16. The summed E-state index contributed by atoms with van der Waals surface area (Å²) in [5.41, 5.74) is 4.17. The molecule has 0 heterocycles. The van der Waals surface area contributed by atoms with Crippen molar-refractivity contribution in [1.29, 1.82) is 0 Å². The largest absolute Gasteiger partial charge is 0.345 e. The molecule has 0 spiro atoms. The van der Waals surface area contributed by atoms with Gasteiger partial charge >= 0.3 is 0 Å². The fourth-order valence-corrected chi connectivity index (χ4v) is 3.16. The second-order valence-electron chi connectivity index (χ2n) is 7.05. The third-order valence-electron chi connectivity index (χ3n) is 4.89. The summed E-state index contributed by atoms with van der Waals surface area (Å²) >= 11 is 0. The first-order chi connectivity index (χ1) is 14.1. The van der Waals surface area contributed by atoms with Crippen LogP contribution in [-0.2, 0) is 17.6 Å². The Balaban J connectivity index is 1.67. The number of para-hydroxylation sites is 1. The average Bonchev–Trinajstić information content (AvgIpc) is 2.75. The van der Waals surface area contributed by atoms with E-state index in [0.717, 1.165) is 17.5 Å². The van der Waals surface area contributed by atoms with Crippen molar-refractivity contribution < 1.29 is 9.59 Å². The van der Waals surface area contributed by atoms with Crippen LogP contribution in [0.1, 0.15) is 46.9 Å². The fourth-order valence-electron chi connectivity index (χ4n) is 3.16. The van der Waals surface area contributed by atoms with Crippen molar-refractivity contribution in [3.8, 4) is 0 Å². The molecule has 4 heteroatoms. The van der Waals surface area contributed by atoms with E-state index in [1.807, 2.05) is 67.6 Å².